The Morgan fingerprint density at radius 1 is 0.889 bits per heavy atom. The van der Waals surface area contributed by atoms with Crippen LogP contribution in [0.4, 0.5) is 5.69 Å². The molecule has 0 aliphatic carbocycles. The fraction of sp³-hybridized carbons (Fsp3) is 0.208. The number of nitrogens with one attached hydrogen (secondary N) is 1. The van der Waals surface area contributed by atoms with Gasteiger partial charge in [-0.1, -0.05) is 83.5 Å². The molecule has 0 aromatic heterocycles. The minimum atomic E-state index is -0.122. The van der Waals surface area contributed by atoms with Gasteiger partial charge in [-0.25, -0.2) is 0 Å². The van der Waals surface area contributed by atoms with Crippen molar-refractivity contribution in [2.45, 2.75) is 25.8 Å². The highest BCUT2D eigenvalue weighted by molar-refractivity contribution is 9.10. The average molecular weight is 422 g/mol. The summed E-state index contributed by atoms with van der Waals surface area (Å²) < 4.78 is 1.06. The summed E-state index contributed by atoms with van der Waals surface area (Å²) in [7, 11) is 0. The summed E-state index contributed by atoms with van der Waals surface area (Å²) in [6.07, 6.45) is 1.31. The summed E-state index contributed by atoms with van der Waals surface area (Å²) in [5.74, 6) is 0.151. The van der Waals surface area contributed by atoms with E-state index in [2.05, 4.69) is 45.5 Å². The van der Waals surface area contributed by atoms with E-state index in [1.807, 2.05) is 67.6 Å². The van der Waals surface area contributed by atoms with Gasteiger partial charge in [0.25, 0.3) is 0 Å². The maximum atomic E-state index is 12.9. The maximum Gasteiger partial charge on any atom is 0.138 e. The Morgan fingerprint density at radius 3 is 2.11 bits per heavy atom. The Kier molecular flexibility index (Phi) is 6.83. The van der Waals surface area contributed by atoms with Crippen LogP contribution >= 0.6 is 15.9 Å². The second kappa shape index (κ2) is 9.52. The summed E-state index contributed by atoms with van der Waals surface area (Å²) in [4.78, 5) is 12.9. The molecule has 3 aromatic rings. The topological polar surface area (TPSA) is 29.1 Å². The van der Waals surface area contributed by atoms with E-state index in [-0.39, 0.29) is 17.7 Å². The molecule has 0 fully saturated rings. The molecule has 0 saturated heterocycles. The summed E-state index contributed by atoms with van der Waals surface area (Å²) >= 11 is 3.45. The molecule has 3 rings (SSSR count). The summed E-state index contributed by atoms with van der Waals surface area (Å²) in [6, 6.07) is 28.4. The van der Waals surface area contributed by atoms with Crippen LogP contribution in [0.15, 0.2) is 89.4 Å². The molecule has 0 aliphatic heterocycles. The Balaban J connectivity index is 1.72. The minimum absolute atomic E-state index is 0.0500. The molecular formula is C24H24BrNO. The quantitative estimate of drug-likeness (QED) is 0.453. The zero-order valence-corrected chi connectivity index (χ0v) is 17.0. The number of ketones is 1. The van der Waals surface area contributed by atoms with E-state index < -0.39 is 0 Å². The zero-order valence-electron chi connectivity index (χ0n) is 15.4. The number of halogens is 1. The van der Waals surface area contributed by atoms with E-state index in [1.54, 1.807) is 0 Å². The molecule has 138 valence electrons. The van der Waals surface area contributed by atoms with Crippen molar-refractivity contribution >= 4 is 27.4 Å². The van der Waals surface area contributed by atoms with Crippen molar-refractivity contribution in [3.8, 4) is 0 Å². The molecule has 0 amide bonds. The van der Waals surface area contributed by atoms with E-state index in [0.29, 0.717) is 6.42 Å². The van der Waals surface area contributed by atoms with Crippen molar-refractivity contribution in [1.29, 1.82) is 0 Å². The standard InChI is InChI=1S/C24H24BrNO/c1-18(23(27)17-14-19-12-15-21(25)16-13-19)24(20-8-4-2-5-9-20)26-22-10-6-3-7-11-22/h2-13,15-16,18,24,26H,14,17H2,1H3/t18-,24-/m0/s1. The smallest absolute Gasteiger partial charge is 0.138 e. The molecule has 0 radical (unpaired) electrons. The Morgan fingerprint density at radius 2 is 1.48 bits per heavy atom. The number of carbonyl (C=O) groups excluding carboxylic acids is 1. The van der Waals surface area contributed by atoms with Gasteiger partial charge in [0, 0.05) is 22.5 Å². The predicted molar refractivity (Wildman–Crippen MR) is 116 cm³/mol. The number of hydrogen-bond acceptors (Lipinski definition) is 2. The molecule has 3 aromatic carbocycles. The van der Waals surface area contributed by atoms with Crippen molar-refractivity contribution in [3.63, 3.8) is 0 Å². The third-order valence-electron chi connectivity index (χ3n) is 4.84. The van der Waals surface area contributed by atoms with Crippen molar-refractivity contribution in [2.75, 3.05) is 5.32 Å². The number of anilines is 1. The van der Waals surface area contributed by atoms with Crippen LogP contribution in [0.1, 0.15) is 30.5 Å². The number of aryl methyl sites for hydroxylation is 1. The SMILES string of the molecule is C[C@@H](C(=O)CCc1ccc(Br)cc1)[C@H](Nc1ccccc1)c1ccccc1. The van der Waals surface area contributed by atoms with Gasteiger partial charge in [-0.05, 0) is 41.8 Å². The molecule has 0 heterocycles. The van der Waals surface area contributed by atoms with Gasteiger partial charge in [0.1, 0.15) is 5.78 Å². The minimum Gasteiger partial charge on any atom is -0.378 e. The zero-order chi connectivity index (χ0) is 19.1. The van der Waals surface area contributed by atoms with E-state index in [0.717, 1.165) is 22.1 Å². The van der Waals surface area contributed by atoms with Crippen molar-refractivity contribution in [1.82, 2.24) is 0 Å². The molecule has 2 nitrogen and oxygen atoms in total. The van der Waals surface area contributed by atoms with Crippen LogP contribution in [0.25, 0.3) is 0 Å². The summed E-state index contributed by atoms with van der Waals surface area (Å²) in [5.41, 5.74) is 3.34. The summed E-state index contributed by atoms with van der Waals surface area (Å²) in [6.45, 7) is 2.03. The van der Waals surface area contributed by atoms with E-state index >= 15 is 0 Å². The van der Waals surface area contributed by atoms with E-state index in [1.165, 1.54) is 5.56 Å². The van der Waals surface area contributed by atoms with E-state index in [4.69, 9.17) is 0 Å². The maximum absolute atomic E-state index is 12.9. The molecule has 0 aliphatic rings. The number of para-hydroxylation sites is 1. The highest BCUT2D eigenvalue weighted by Crippen LogP contribution is 2.28. The van der Waals surface area contributed by atoms with Gasteiger partial charge < -0.3 is 5.32 Å². The molecule has 0 spiro atoms. The molecule has 2 atom stereocenters. The van der Waals surface area contributed by atoms with Crippen LogP contribution in [0.2, 0.25) is 0 Å². The lowest BCUT2D eigenvalue weighted by Gasteiger charge is -2.26. The fourth-order valence-corrected chi connectivity index (χ4v) is 3.47. The first-order valence-corrected chi connectivity index (χ1v) is 10.1. The first-order valence-electron chi connectivity index (χ1n) is 9.27. The molecule has 0 unspecified atom stereocenters. The van der Waals surface area contributed by atoms with Gasteiger partial charge >= 0.3 is 0 Å². The number of Topliss-reactive ketones (excluding diaryl/α,β-unsaturated/α-hetero) is 1. The third kappa shape index (κ3) is 5.54. The highest BCUT2D eigenvalue weighted by atomic mass is 79.9. The first kappa shape index (κ1) is 19.4. The average Bonchev–Trinajstić information content (AvgIpc) is 2.72. The largest absolute Gasteiger partial charge is 0.378 e. The molecular weight excluding hydrogens is 398 g/mol. The van der Waals surface area contributed by atoms with Crippen molar-refractivity contribution in [2.24, 2.45) is 5.92 Å². The Bertz CT molecular complexity index is 847. The van der Waals surface area contributed by atoms with Gasteiger partial charge in [-0.2, -0.15) is 0 Å². The number of rotatable bonds is 8. The first-order chi connectivity index (χ1) is 13.1. The monoisotopic (exact) mass is 421 g/mol. The second-order valence-electron chi connectivity index (χ2n) is 6.78. The summed E-state index contributed by atoms with van der Waals surface area (Å²) in [5, 5.41) is 3.55. The predicted octanol–water partition coefficient (Wildman–Crippen LogP) is 6.44. The van der Waals surface area contributed by atoms with Gasteiger partial charge in [0.15, 0.2) is 0 Å². The molecule has 27 heavy (non-hydrogen) atoms. The number of carbonyl (C=O) groups is 1. The Labute approximate surface area is 169 Å². The van der Waals surface area contributed by atoms with Crippen molar-refractivity contribution < 1.29 is 4.79 Å². The van der Waals surface area contributed by atoms with Crippen LogP contribution in [-0.4, -0.2) is 5.78 Å². The lowest BCUT2D eigenvalue weighted by molar-refractivity contribution is -0.122. The van der Waals surface area contributed by atoms with Gasteiger partial charge in [-0.3, -0.25) is 4.79 Å². The lowest BCUT2D eigenvalue weighted by Crippen LogP contribution is -2.26. The lowest BCUT2D eigenvalue weighted by atomic mass is 9.88. The van der Waals surface area contributed by atoms with E-state index in [9.17, 15) is 4.79 Å². The molecule has 3 heteroatoms. The fourth-order valence-electron chi connectivity index (χ4n) is 3.20. The van der Waals surface area contributed by atoms with Crippen LogP contribution in [0.3, 0.4) is 0 Å². The molecule has 0 bridgehead atoms. The van der Waals surface area contributed by atoms with Crippen LogP contribution in [0.5, 0.6) is 0 Å². The van der Waals surface area contributed by atoms with Crippen LogP contribution < -0.4 is 5.32 Å². The molecule has 1 N–H and O–H groups in total. The van der Waals surface area contributed by atoms with Crippen molar-refractivity contribution in [3.05, 3.63) is 101 Å². The van der Waals surface area contributed by atoms with Gasteiger partial charge in [-0.15, -0.1) is 0 Å². The van der Waals surface area contributed by atoms with Crippen LogP contribution in [-0.2, 0) is 11.2 Å². The normalized spacial score (nSPS) is 13.0. The number of benzene rings is 3. The Hall–Kier alpha value is -2.39. The number of hydrogen-bond donors (Lipinski definition) is 1. The molecule has 0 saturated carbocycles. The van der Waals surface area contributed by atoms with Gasteiger partial charge in [0.05, 0.1) is 6.04 Å². The van der Waals surface area contributed by atoms with Crippen LogP contribution in [0, 0.1) is 5.92 Å². The van der Waals surface area contributed by atoms with Gasteiger partial charge in [0.2, 0.25) is 0 Å². The second-order valence-corrected chi connectivity index (χ2v) is 7.70. The highest BCUT2D eigenvalue weighted by Gasteiger charge is 2.25. The third-order valence-corrected chi connectivity index (χ3v) is 5.36.